The van der Waals surface area contributed by atoms with Crippen LogP contribution < -0.4 is 0 Å². The van der Waals surface area contributed by atoms with Crippen molar-refractivity contribution in [3.8, 4) is 0 Å². The van der Waals surface area contributed by atoms with Gasteiger partial charge in [-0.05, 0) is 42.9 Å². The van der Waals surface area contributed by atoms with Crippen molar-refractivity contribution in [2.75, 3.05) is 0 Å². The fraction of sp³-hybridized carbons (Fsp3) is 0.500. The van der Waals surface area contributed by atoms with Gasteiger partial charge in [-0.1, -0.05) is 23.7 Å². The number of rotatable bonds is 0. The number of hydrogen-bond acceptors (Lipinski definition) is 1. The molecule has 1 saturated carbocycles. The third-order valence-electron chi connectivity index (χ3n) is 3.71. The van der Waals surface area contributed by atoms with E-state index in [0.29, 0.717) is 0 Å². The number of fused-ring (bicyclic) bond motifs is 2. The lowest BCUT2D eigenvalue weighted by Crippen LogP contribution is -2.32. The van der Waals surface area contributed by atoms with Crippen LogP contribution in [0.15, 0.2) is 18.2 Å². The molecule has 1 aromatic carbocycles. The van der Waals surface area contributed by atoms with Crippen molar-refractivity contribution in [1.82, 2.24) is 0 Å². The Labute approximate surface area is 88.7 Å². The Bertz CT molecular complexity index is 382. The Hall–Kier alpha value is -0.530. The Balaban J connectivity index is 2.21. The molecule has 2 heteroatoms. The summed E-state index contributed by atoms with van der Waals surface area (Å²) in [6.07, 6.45) is 3.90. The number of aryl methyl sites for hydroxylation is 1. The van der Waals surface area contributed by atoms with E-state index >= 15 is 0 Å². The SMILES string of the molecule is OC1CCc2cccc(Cl)c2C12CC2. The van der Waals surface area contributed by atoms with Crippen LogP contribution in [0.3, 0.4) is 0 Å². The van der Waals surface area contributed by atoms with E-state index in [9.17, 15) is 5.11 Å². The highest BCUT2D eigenvalue weighted by atomic mass is 35.5. The Morgan fingerprint density at radius 3 is 2.86 bits per heavy atom. The predicted molar refractivity (Wildman–Crippen MR) is 56.7 cm³/mol. The zero-order chi connectivity index (χ0) is 9.76. The monoisotopic (exact) mass is 208 g/mol. The van der Waals surface area contributed by atoms with Crippen LogP contribution in [0, 0.1) is 0 Å². The van der Waals surface area contributed by atoms with Gasteiger partial charge < -0.3 is 5.11 Å². The smallest absolute Gasteiger partial charge is 0.0640 e. The summed E-state index contributed by atoms with van der Waals surface area (Å²) in [4.78, 5) is 0. The molecular weight excluding hydrogens is 196 g/mol. The maximum absolute atomic E-state index is 10.0. The first-order valence-electron chi connectivity index (χ1n) is 5.20. The van der Waals surface area contributed by atoms with Gasteiger partial charge in [-0.25, -0.2) is 0 Å². The van der Waals surface area contributed by atoms with Crippen molar-refractivity contribution < 1.29 is 5.11 Å². The molecule has 0 saturated heterocycles. The summed E-state index contributed by atoms with van der Waals surface area (Å²) >= 11 is 6.22. The average molecular weight is 209 g/mol. The van der Waals surface area contributed by atoms with Gasteiger partial charge in [0.25, 0.3) is 0 Å². The van der Waals surface area contributed by atoms with E-state index < -0.39 is 0 Å². The summed E-state index contributed by atoms with van der Waals surface area (Å²) < 4.78 is 0. The van der Waals surface area contributed by atoms with Gasteiger partial charge in [0.1, 0.15) is 0 Å². The zero-order valence-corrected chi connectivity index (χ0v) is 8.72. The average Bonchev–Trinajstić information content (AvgIpc) is 2.94. The molecular formula is C12H13ClO. The van der Waals surface area contributed by atoms with E-state index in [1.54, 1.807) is 0 Å². The van der Waals surface area contributed by atoms with Gasteiger partial charge in [0.15, 0.2) is 0 Å². The van der Waals surface area contributed by atoms with E-state index in [4.69, 9.17) is 11.6 Å². The number of aliphatic hydroxyl groups is 1. The molecule has 1 unspecified atom stereocenters. The molecule has 1 N–H and O–H groups in total. The van der Waals surface area contributed by atoms with Gasteiger partial charge in [0.05, 0.1) is 6.10 Å². The van der Waals surface area contributed by atoms with Crippen molar-refractivity contribution in [1.29, 1.82) is 0 Å². The van der Waals surface area contributed by atoms with E-state index in [2.05, 4.69) is 6.07 Å². The first-order chi connectivity index (χ1) is 6.74. The minimum absolute atomic E-state index is 0.0337. The van der Waals surface area contributed by atoms with E-state index in [1.807, 2.05) is 12.1 Å². The number of aliphatic hydroxyl groups excluding tert-OH is 1. The van der Waals surface area contributed by atoms with E-state index in [1.165, 1.54) is 11.1 Å². The lowest BCUT2D eigenvalue weighted by Gasteiger charge is -2.31. The predicted octanol–water partition coefficient (Wildman–Crippen LogP) is 2.68. The molecule has 14 heavy (non-hydrogen) atoms. The number of benzene rings is 1. The van der Waals surface area contributed by atoms with E-state index in [0.717, 1.165) is 30.7 Å². The molecule has 0 bridgehead atoms. The molecule has 0 aromatic heterocycles. The summed E-state index contributed by atoms with van der Waals surface area (Å²) in [5.74, 6) is 0. The van der Waals surface area contributed by atoms with Crippen molar-refractivity contribution >= 4 is 11.6 Å². The van der Waals surface area contributed by atoms with E-state index in [-0.39, 0.29) is 11.5 Å². The summed E-state index contributed by atoms with van der Waals surface area (Å²) in [5, 5.41) is 10.9. The first kappa shape index (κ1) is 8.75. The van der Waals surface area contributed by atoms with Crippen LogP contribution in [0.2, 0.25) is 5.02 Å². The zero-order valence-electron chi connectivity index (χ0n) is 7.96. The first-order valence-corrected chi connectivity index (χ1v) is 5.58. The molecule has 3 rings (SSSR count). The van der Waals surface area contributed by atoms with Gasteiger partial charge in [0.2, 0.25) is 0 Å². The van der Waals surface area contributed by atoms with Gasteiger partial charge in [-0.3, -0.25) is 0 Å². The Morgan fingerprint density at radius 2 is 2.14 bits per heavy atom. The van der Waals surface area contributed by atoms with Crippen molar-refractivity contribution in [2.24, 2.45) is 0 Å². The number of halogens is 1. The molecule has 1 nitrogen and oxygen atoms in total. The molecule has 1 aromatic rings. The maximum Gasteiger partial charge on any atom is 0.0640 e. The molecule has 0 radical (unpaired) electrons. The quantitative estimate of drug-likeness (QED) is 0.695. The van der Waals surface area contributed by atoms with Crippen LogP contribution in [0.5, 0.6) is 0 Å². The van der Waals surface area contributed by atoms with Crippen LogP contribution in [0.1, 0.15) is 30.4 Å². The summed E-state index contributed by atoms with van der Waals surface area (Å²) in [7, 11) is 0. The van der Waals surface area contributed by atoms with Crippen LogP contribution >= 0.6 is 11.6 Å². The number of hydrogen-bond donors (Lipinski definition) is 1. The van der Waals surface area contributed by atoms with Gasteiger partial charge >= 0.3 is 0 Å². The summed E-state index contributed by atoms with van der Waals surface area (Å²) in [5.41, 5.74) is 2.62. The Kier molecular flexibility index (Phi) is 1.71. The van der Waals surface area contributed by atoms with Crippen molar-refractivity contribution in [2.45, 2.75) is 37.2 Å². The normalized spacial score (nSPS) is 27.4. The fourth-order valence-electron chi connectivity index (χ4n) is 2.79. The summed E-state index contributed by atoms with van der Waals surface area (Å²) in [6.45, 7) is 0. The van der Waals surface area contributed by atoms with Gasteiger partial charge in [-0.2, -0.15) is 0 Å². The molecule has 0 heterocycles. The van der Waals surface area contributed by atoms with Crippen LogP contribution in [0.4, 0.5) is 0 Å². The van der Waals surface area contributed by atoms with Gasteiger partial charge in [0, 0.05) is 10.4 Å². The highest BCUT2D eigenvalue weighted by Crippen LogP contribution is 2.57. The molecule has 2 aliphatic rings. The highest BCUT2D eigenvalue weighted by molar-refractivity contribution is 6.31. The largest absolute Gasteiger partial charge is 0.392 e. The summed E-state index contributed by atoms with van der Waals surface area (Å²) in [6, 6.07) is 6.10. The van der Waals surface area contributed by atoms with Crippen molar-refractivity contribution in [3.05, 3.63) is 34.3 Å². The molecule has 1 spiro atoms. The lowest BCUT2D eigenvalue weighted by atomic mass is 9.78. The lowest BCUT2D eigenvalue weighted by molar-refractivity contribution is 0.114. The molecule has 2 aliphatic carbocycles. The highest BCUT2D eigenvalue weighted by Gasteiger charge is 2.53. The second-order valence-corrected chi connectivity index (χ2v) is 4.89. The molecule has 1 atom stereocenters. The minimum atomic E-state index is -0.171. The third-order valence-corrected chi connectivity index (χ3v) is 4.03. The van der Waals surface area contributed by atoms with Crippen LogP contribution in [-0.4, -0.2) is 11.2 Å². The molecule has 1 fully saturated rings. The Morgan fingerprint density at radius 1 is 1.36 bits per heavy atom. The van der Waals surface area contributed by atoms with Gasteiger partial charge in [-0.15, -0.1) is 0 Å². The molecule has 74 valence electrons. The van der Waals surface area contributed by atoms with Crippen LogP contribution in [-0.2, 0) is 11.8 Å². The topological polar surface area (TPSA) is 20.2 Å². The second-order valence-electron chi connectivity index (χ2n) is 4.48. The standard InChI is InChI=1S/C12H13ClO/c13-9-3-1-2-8-4-5-10(14)12(6-7-12)11(8)9/h1-3,10,14H,4-7H2. The minimum Gasteiger partial charge on any atom is -0.392 e. The van der Waals surface area contributed by atoms with Crippen molar-refractivity contribution in [3.63, 3.8) is 0 Å². The maximum atomic E-state index is 10.0. The van der Waals surface area contributed by atoms with Crippen LogP contribution in [0.25, 0.3) is 0 Å². The third kappa shape index (κ3) is 0.999. The molecule has 0 aliphatic heterocycles. The molecule has 0 amide bonds. The second kappa shape index (κ2) is 2.74. The fourth-order valence-corrected chi connectivity index (χ4v) is 3.17.